The fourth-order valence-corrected chi connectivity index (χ4v) is 3.58. The number of urea groups is 1. The highest BCUT2D eigenvalue weighted by atomic mass is 16.7. The standard InChI is InChI=1S/C15H23N5O6/c21-12(22)8-26-20-10-3-4-11(19(7-10)15(20)25)14(24)18-17-13(23)9-2-1-5-16-6-9/h9-11,16H,1-8H2,(H,17,23)(H,18,24)(H,21,22)/t9-,10?,11+/m1/s1. The van der Waals surface area contributed by atoms with Crippen molar-refractivity contribution < 1.29 is 29.1 Å². The van der Waals surface area contributed by atoms with Gasteiger partial charge in [-0.25, -0.2) is 9.59 Å². The second kappa shape index (κ2) is 7.87. The van der Waals surface area contributed by atoms with E-state index in [1.807, 2.05) is 0 Å². The molecule has 4 N–H and O–H groups in total. The van der Waals surface area contributed by atoms with E-state index in [4.69, 9.17) is 9.94 Å². The molecule has 3 aliphatic heterocycles. The van der Waals surface area contributed by atoms with Crippen LogP contribution in [0.4, 0.5) is 4.79 Å². The average Bonchev–Trinajstić information content (AvgIpc) is 2.88. The van der Waals surface area contributed by atoms with Crippen molar-refractivity contribution in [3.63, 3.8) is 0 Å². The molecule has 4 amide bonds. The Balaban J connectivity index is 1.51. The average molecular weight is 369 g/mol. The summed E-state index contributed by atoms with van der Waals surface area (Å²) in [5.41, 5.74) is 4.84. The minimum absolute atomic E-state index is 0.187. The third-order valence-electron chi connectivity index (χ3n) is 4.93. The zero-order valence-corrected chi connectivity index (χ0v) is 14.3. The van der Waals surface area contributed by atoms with Gasteiger partial charge in [0.05, 0.1) is 12.0 Å². The summed E-state index contributed by atoms with van der Waals surface area (Å²) in [6.45, 7) is 1.14. The number of carboxylic acid groups (broad SMARTS) is 1. The molecule has 11 nitrogen and oxygen atoms in total. The molecule has 0 aromatic heterocycles. The predicted molar refractivity (Wildman–Crippen MR) is 86.2 cm³/mol. The van der Waals surface area contributed by atoms with Crippen molar-refractivity contribution in [2.24, 2.45) is 5.92 Å². The molecule has 0 aromatic carbocycles. The summed E-state index contributed by atoms with van der Waals surface area (Å²) >= 11 is 0. The van der Waals surface area contributed by atoms with Gasteiger partial charge in [-0.15, -0.1) is 0 Å². The third-order valence-corrected chi connectivity index (χ3v) is 4.93. The number of rotatable bonds is 5. The van der Waals surface area contributed by atoms with Gasteiger partial charge in [0.25, 0.3) is 5.91 Å². The van der Waals surface area contributed by atoms with Crippen LogP contribution in [0.3, 0.4) is 0 Å². The maximum Gasteiger partial charge on any atom is 0.345 e. The Morgan fingerprint density at radius 3 is 2.65 bits per heavy atom. The fourth-order valence-electron chi connectivity index (χ4n) is 3.58. The van der Waals surface area contributed by atoms with Crippen LogP contribution >= 0.6 is 0 Å². The summed E-state index contributed by atoms with van der Waals surface area (Å²) in [4.78, 5) is 53.8. The monoisotopic (exact) mass is 369 g/mol. The van der Waals surface area contributed by atoms with Gasteiger partial charge in [-0.2, -0.15) is 5.06 Å². The molecule has 26 heavy (non-hydrogen) atoms. The maximum atomic E-state index is 12.4. The van der Waals surface area contributed by atoms with Crippen molar-refractivity contribution in [3.8, 4) is 0 Å². The first-order valence-electron chi connectivity index (χ1n) is 8.72. The number of hydrazine groups is 1. The Kier molecular flexibility index (Phi) is 5.57. The van der Waals surface area contributed by atoms with E-state index in [0.29, 0.717) is 19.4 Å². The molecule has 11 heteroatoms. The second-order valence-corrected chi connectivity index (χ2v) is 6.70. The van der Waals surface area contributed by atoms with Crippen molar-refractivity contribution >= 4 is 23.8 Å². The number of amides is 4. The Bertz CT molecular complexity index is 593. The fraction of sp³-hybridized carbons (Fsp3) is 0.733. The van der Waals surface area contributed by atoms with Gasteiger partial charge in [-0.1, -0.05) is 0 Å². The van der Waals surface area contributed by atoms with Crippen LogP contribution in [0.25, 0.3) is 0 Å². The highest BCUT2D eigenvalue weighted by Gasteiger charge is 2.48. The summed E-state index contributed by atoms with van der Waals surface area (Å²) in [7, 11) is 0. The Labute approximate surface area is 149 Å². The zero-order valence-electron chi connectivity index (χ0n) is 14.3. The normalized spacial score (nSPS) is 28.0. The van der Waals surface area contributed by atoms with Gasteiger partial charge >= 0.3 is 12.0 Å². The van der Waals surface area contributed by atoms with Gasteiger partial charge in [0, 0.05) is 13.1 Å². The Morgan fingerprint density at radius 2 is 1.96 bits per heavy atom. The first kappa shape index (κ1) is 18.4. The number of hydrogen-bond donors (Lipinski definition) is 4. The molecule has 3 saturated heterocycles. The lowest BCUT2D eigenvalue weighted by molar-refractivity contribution is -0.167. The van der Waals surface area contributed by atoms with Crippen molar-refractivity contribution in [2.45, 2.75) is 37.8 Å². The summed E-state index contributed by atoms with van der Waals surface area (Å²) in [5, 5.41) is 12.9. The van der Waals surface area contributed by atoms with E-state index in [0.717, 1.165) is 24.4 Å². The number of carbonyl (C=O) groups is 4. The molecule has 0 saturated carbocycles. The van der Waals surface area contributed by atoms with Gasteiger partial charge in [-0.05, 0) is 32.2 Å². The van der Waals surface area contributed by atoms with Crippen molar-refractivity contribution in [1.82, 2.24) is 26.1 Å². The van der Waals surface area contributed by atoms with Crippen LogP contribution in [0, 0.1) is 5.92 Å². The van der Waals surface area contributed by atoms with Gasteiger partial charge in [-0.3, -0.25) is 25.3 Å². The number of carboxylic acids is 1. The number of nitrogens with one attached hydrogen (secondary N) is 3. The van der Waals surface area contributed by atoms with Crippen LogP contribution in [-0.4, -0.2) is 77.2 Å². The molecule has 3 atom stereocenters. The SMILES string of the molecule is O=C(O)CON1C(=O)N2CC1CC[C@H]2C(=O)NNC(=O)[C@@H]1CCCNC1. The van der Waals surface area contributed by atoms with Crippen molar-refractivity contribution in [3.05, 3.63) is 0 Å². The molecule has 3 fully saturated rings. The number of aliphatic carboxylic acids is 1. The first-order valence-corrected chi connectivity index (χ1v) is 8.72. The highest BCUT2D eigenvalue weighted by Crippen LogP contribution is 2.30. The smallest absolute Gasteiger partial charge is 0.345 e. The Hall–Kier alpha value is -2.40. The van der Waals surface area contributed by atoms with E-state index in [1.54, 1.807) is 0 Å². The molecule has 0 radical (unpaired) electrons. The number of piperidine rings is 2. The van der Waals surface area contributed by atoms with E-state index >= 15 is 0 Å². The lowest BCUT2D eigenvalue weighted by atomic mass is 9.99. The van der Waals surface area contributed by atoms with E-state index in [1.165, 1.54) is 4.90 Å². The second-order valence-electron chi connectivity index (χ2n) is 6.70. The van der Waals surface area contributed by atoms with Crippen LogP contribution in [0.15, 0.2) is 0 Å². The van der Waals surface area contributed by atoms with Gasteiger partial charge in [0.1, 0.15) is 6.04 Å². The molecule has 2 bridgehead atoms. The number of fused-ring (bicyclic) bond motifs is 2. The van der Waals surface area contributed by atoms with Crippen LogP contribution < -0.4 is 16.2 Å². The number of hydroxylamine groups is 2. The molecule has 3 heterocycles. The van der Waals surface area contributed by atoms with E-state index in [2.05, 4.69) is 16.2 Å². The number of nitrogens with zero attached hydrogens (tertiary/aromatic N) is 2. The van der Waals surface area contributed by atoms with E-state index in [9.17, 15) is 19.2 Å². The van der Waals surface area contributed by atoms with Crippen LogP contribution in [0.2, 0.25) is 0 Å². The molecule has 1 unspecified atom stereocenters. The topological polar surface area (TPSA) is 140 Å². The third kappa shape index (κ3) is 3.88. The van der Waals surface area contributed by atoms with Crippen molar-refractivity contribution in [2.75, 3.05) is 26.2 Å². The van der Waals surface area contributed by atoms with Crippen LogP contribution in [0.1, 0.15) is 25.7 Å². The molecular formula is C15H23N5O6. The molecule has 0 aromatic rings. The quantitative estimate of drug-likeness (QED) is 0.429. The van der Waals surface area contributed by atoms with Crippen LogP contribution in [-0.2, 0) is 19.2 Å². The summed E-state index contributed by atoms with van der Waals surface area (Å²) < 4.78 is 0. The number of hydrogen-bond acceptors (Lipinski definition) is 6. The molecule has 3 aliphatic rings. The molecule has 3 rings (SSSR count). The van der Waals surface area contributed by atoms with Crippen molar-refractivity contribution in [1.29, 1.82) is 0 Å². The van der Waals surface area contributed by atoms with Gasteiger partial charge < -0.3 is 15.3 Å². The van der Waals surface area contributed by atoms with Gasteiger partial charge in [0.15, 0.2) is 6.61 Å². The molecule has 144 valence electrons. The highest BCUT2D eigenvalue weighted by molar-refractivity contribution is 5.90. The lowest BCUT2D eigenvalue weighted by Crippen LogP contribution is -2.55. The number of carbonyl (C=O) groups excluding carboxylic acids is 3. The maximum absolute atomic E-state index is 12.4. The minimum Gasteiger partial charge on any atom is -0.479 e. The summed E-state index contributed by atoms with van der Waals surface area (Å²) in [6.07, 6.45) is 2.60. The van der Waals surface area contributed by atoms with Gasteiger partial charge in [0.2, 0.25) is 5.91 Å². The van der Waals surface area contributed by atoms with Crippen LogP contribution in [0.5, 0.6) is 0 Å². The first-order chi connectivity index (χ1) is 12.5. The van der Waals surface area contributed by atoms with E-state index < -0.39 is 30.6 Å². The minimum atomic E-state index is -1.18. The molecule has 0 aliphatic carbocycles. The lowest BCUT2D eigenvalue weighted by Gasteiger charge is -2.29. The predicted octanol–water partition coefficient (Wildman–Crippen LogP) is -1.58. The largest absolute Gasteiger partial charge is 0.479 e. The molecule has 0 spiro atoms. The summed E-state index contributed by atoms with van der Waals surface area (Å²) in [6, 6.07) is -1.52. The zero-order chi connectivity index (χ0) is 18.7. The summed E-state index contributed by atoms with van der Waals surface area (Å²) in [5.74, 6) is -2.08. The molecular weight excluding hydrogens is 346 g/mol. The Morgan fingerprint density at radius 1 is 1.19 bits per heavy atom. The van der Waals surface area contributed by atoms with E-state index in [-0.39, 0.29) is 24.4 Å².